The van der Waals surface area contributed by atoms with E-state index in [1.165, 1.54) is 12.1 Å². The number of benzene rings is 1. The van der Waals surface area contributed by atoms with E-state index in [2.05, 4.69) is 5.32 Å². The van der Waals surface area contributed by atoms with Crippen molar-refractivity contribution in [1.29, 1.82) is 0 Å². The van der Waals surface area contributed by atoms with Crippen molar-refractivity contribution >= 4 is 35.1 Å². The fraction of sp³-hybridized carbons (Fsp3) is 0.143. The van der Waals surface area contributed by atoms with Crippen molar-refractivity contribution in [3.8, 4) is 0 Å². The van der Waals surface area contributed by atoms with Gasteiger partial charge in [0.1, 0.15) is 16.8 Å². The van der Waals surface area contributed by atoms with Crippen LogP contribution in [0.2, 0.25) is 0 Å². The molecule has 0 spiro atoms. The van der Waals surface area contributed by atoms with Crippen molar-refractivity contribution in [3.63, 3.8) is 0 Å². The third kappa shape index (κ3) is 2.84. The third-order valence-electron chi connectivity index (χ3n) is 3.06. The van der Waals surface area contributed by atoms with Crippen LogP contribution in [0.3, 0.4) is 0 Å². The van der Waals surface area contributed by atoms with Gasteiger partial charge in [0.2, 0.25) is 11.6 Å². The normalized spacial score (nSPS) is 15.3. The van der Waals surface area contributed by atoms with Crippen LogP contribution >= 0.6 is 11.6 Å². The lowest BCUT2D eigenvalue weighted by Gasteiger charge is -2.21. The monoisotopic (exact) mass is 323 g/mol. The standard InChI is InChI=1S/C14H10ClNO6/c15-10-11(16-8(14(21)22)5-9(17)18)13(20)7-4-2-1-3-6(7)12(10)19/h1-4,8,16H,5H2,(H,17,18)(H,21,22). The van der Waals surface area contributed by atoms with Gasteiger partial charge in [0.05, 0.1) is 6.42 Å². The molecule has 114 valence electrons. The van der Waals surface area contributed by atoms with E-state index in [1.54, 1.807) is 12.1 Å². The van der Waals surface area contributed by atoms with Gasteiger partial charge in [-0.15, -0.1) is 0 Å². The van der Waals surface area contributed by atoms with Gasteiger partial charge in [-0.05, 0) is 0 Å². The number of aliphatic carboxylic acids is 2. The molecule has 0 saturated heterocycles. The number of rotatable bonds is 5. The Labute approximate surface area is 129 Å². The van der Waals surface area contributed by atoms with Crippen LogP contribution in [0, 0.1) is 0 Å². The molecule has 22 heavy (non-hydrogen) atoms. The highest BCUT2D eigenvalue weighted by Gasteiger charge is 2.34. The highest BCUT2D eigenvalue weighted by atomic mass is 35.5. The maximum absolute atomic E-state index is 12.3. The molecule has 0 aliphatic heterocycles. The minimum absolute atomic E-state index is 0.0823. The van der Waals surface area contributed by atoms with E-state index in [4.69, 9.17) is 21.8 Å². The van der Waals surface area contributed by atoms with Crippen molar-refractivity contribution in [2.24, 2.45) is 0 Å². The Bertz CT molecular complexity index is 724. The van der Waals surface area contributed by atoms with E-state index in [9.17, 15) is 19.2 Å². The smallest absolute Gasteiger partial charge is 0.326 e. The summed E-state index contributed by atoms with van der Waals surface area (Å²) in [7, 11) is 0. The molecule has 8 heteroatoms. The van der Waals surface area contributed by atoms with Crippen LogP contribution in [0.1, 0.15) is 27.1 Å². The summed E-state index contributed by atoms with van der Waals surface area (Å²) in [6, 6.07) is 4.38. The number of carboxylic acid groups (broad SMARTS) is 2. The first-order valence-corrected chi connectivity index (χ1v) is 6.50. The van der Waals surface area contributed by atoms with Gasteiger partial charge in [-0.1, -0.05) is 35.9 Å². The molecule has 7 nitrogen and oxygen atoms in total. The van der Waals surface area contributed by atoms with E-state index in [0.717, 1.165) is 0 Å². The zero-order valence-electron chi connectivity index (χ0n) is 11.0. The molecule has 0 amide bonds. The first-order valence-electron chi connectivity index (χ1n) is 6.12. The molecule has 0 saturated carbocycles. The van der Waals surface area contributed by atoms with Crippen LogP contribution in [0.25, 0.3) is 0 Å². The molecular weight excluding hydrogens is 314 g/mol. The Morgan fingerprint density at radius 1 is 1.09 bits per heavy atom. The van der Waals surface area contributed by atoms with E-state index < -0.39 is 46.7 Å². The molecule has 1 unspecified atom stereocenters. The van der Waals surface area contributed by atoms with Gasteiger partial charge < -0.3 is 15.5 Å². The Balaban J connectivity index is 2.40. The molecule has 0 aromatic heterocycles. The van der Waals surface area contributed by atoms with Crippen molar-refractivity contribution in [3.05, 3.63) is 46.1 Å². The van der Waals surface area contributed by atoms with E-state index in [-0.39, 0.29) is 11.1 Å². The second-order valence-corrected chi connectivity index (χ2v) is 4.90. The number of Topliss-reactive ketones (excluding diaryl/α,β-unsaturated/α-hetero) is 2. The average molecular weight is 324 g/mol. The third-order valence-corrected chi connectivity index (χ3v) is 3.42. The second-order valence-electron chi connectivity index (χ2n) is 4.53. The number of carboxylic acids is 2. The summed E-state index contributed by atoms with van der Waals surface area (Å²) in [5.74, 6) is -4.12. The van der Waals surface area contributed by atoms with Gasteiger partial charge in [-0.25, -0.2) is 4.79 Å². The Morgan fingerprint density at radius 3 is 2.14 bits per heavy atom. The lowest BCUT2D eigenvalue weighted by molar-refractivity contribution is -0.145. The Kier molecular flexibility index (Phi) is 4.27. The molecule has 0 radical (unpaired) electrons. The molecular formula is C14H10ClNO6. The molecule has 1 aromatic rings. The molecule has 1 aliphatic carbocycles. The number of nitrogens with one attached hydrogen (secondary N) is 1. The van der Waals surface area contributed by atoms with Crippen molar-refractivity contribution in [2.75, 3.05) is 0 Å². The first kappa shape index (κ1) is 15.7. The number of fused-ring (bicyclic) bond motifs is 1. The molecule has 0 fully saturated rings. The van der Waals surface area contributed by atoms with E-state index in [0.29, 0.717) is 0 Å². The highest BCUT2D eigenvalue weighted by molar-refractivity contribution is 6.49. The minimum atomic E-state index is -1.58. The number of carbonyl (C=O) groups excluding carboxylic acids is 2. The zero-order chi connectivity index (χ0) is 16.4. The molecule has 3 N–H and O–H groups in total. The summed E-state index contributed by atoms with van der Waals surface area (Å²) >= 11 is 5.85. The number of hydrogen-bond acceptors (Lipinski definition) is 5. The molecule has 1 aromatic carbocycles. The number of carbonyl (C=O) groups is 4. The van der Waals surface area contributed by atoms with Crippen molar-refractivity contribution < 1.29 is 29.4 Å². The molecule has 1 atom stereocenters. The molecule has 0 heterocycles. The Morgan fingerprint density at radius 2 is 1.64 bits per heavy atom. The number of allylic oxidation sites excluding steroid dienone is 2. The topological polar surface area (TPSA) is 121 Å². The van der Waals surface area contributed by atoms with Gasteiger partial charge in [-0.2, -0.15) is 0 Å². The highest BCUT2D eigenvalue weighted by Crippen LogP contribution is 2.27. The minimum Gasteiger partial charge on any atom is -0.481 e. The summed E-state index contributed by atoms with van der Waals surface area (Å²) in [5, 5.41) is 19.5. The lowest BCUT2D eigenvalue weighted by Crippen LogP contribution is -2.42. The maximum Gasteiger partial charge on any atom is 0.326 e. The summed E-state index contributed by atoms with van der Waals surface area (Å²) < 4.78 is 0. The summed E-state index contributed by atoms with van der Waals surface area (Å²) in [6.07, 6.45) is -0.772. The Hall–Kier alpha value is -2.67. The zero-order valence-corrected chi connectivity index (χ0v) is 11.8. The summed E-state index contributed by atoms with van der Waals surface area (Å²) in [5.41, 5.74) is -0.203. The van der Waals surface area contributed by atoms with Crippen molar-refractivity contribution in [2.45, 2.75) is 12.5 Å². The first-order chi connectivity index (χ1) is 10.3. The van der Waals surface area contributed by atoms with Crippen LogP contribution in [0.4, 0.5) is 0 Å². The fourth-order valence-corrected chi connectivity index (χ4v) is 2.27. The van der Waals surface area contributed by atoms with Gasteiger partial charge in [0.25, 0.3) is 0 Å². The number of ketones is 2. The number of halogens is 1. The second kappa shape index (κ2) is 5.98. The van der Waals surface area contributed by atoms with E-state index >= 15 is 0 Å². The number of hydrogen-bond donors (Lipinski definition) is 3. The lowest BCUT2D eigenvalue weighted by atomic mass is 9.92. The van der Waals surface area contributed by atoms with Crippen LogP contribution in [0.15, 0.2) is 35.0 Å². The van der Waals surface area contributed by atoms with Gasteiger partial charge in [0, 0.05) is 11.1 Å². The maximum atomic E-state index is 12.3. The quantitative estimate of drug-likeness (QED) is 0.740. The average Bonchev–Trinajstić information content (AvgIpc) is 2.47. The van der Waals surface area contributed by atoms with E-state index in [1.807, 2.05) is 0 Å². The molecule has 2 rings (SSSR count). The van der Waals surface area contributed by atoms with Gasteiger partial charge in [0.15, 0.2) is 0 Å². The van der Waals surface area contributed by atoms with Crippen LogP contribution in [0.5, 0.6) is 0 Å². The van der Waals surface area contributed by atoms with Crippen molar-refractivity contribution in [1.82, 2.24) is 5.32 Å². The van der Waals surface area contributed by atoms with Gasteiger partial charge in [-0.3, -0.25) is 14.4 Å². The largest absolute Gasteiger partial charge is 0.481 e. The van der Waals surface area contributed by atoms with Crippen LogP contribution < -0.4 is 5.32 Å². The summed E-state index contributed by atoms with van der Waals surface area (Å²) in [6.45, 7) is 0. The predicted molar refractivity (Wildman–Crippen MR) is 74.8 cm³/mol. The SMILES string of the molecule is O=C(O)CC(NC1=C(Cl)C(=O)c2ccccc2C1=O)C(=O)O. The predicted octanol–water partition coefficient (Wildman–Crippen LogP) is 1.03. The fourth-order valence-electron chi connectivity index (χ4n) is 2.02. The van der Waals surface area contributed by atoms with Crippen LogP contribution in [-0.2, 0) is 9.59 Å². The molecule has 1 aliphatic rings. The molecule has 0 bridgehead atoms. The summed E-state index contributed by atoms with van der Waals surface area (Å²) in [4.78, 5) is 46.2. The van der Waals surface area contributed by atoms with Crippen LogP contribution in [-0.4, -0.2) is 39.8 Å². The van der Waals surface area contributed by atoms with Gasteiger partial charge >= 0.3 is 11.9 Å².